The summed E-state index contributed by atoms with van der Waals surface area (Å²) in [5, 5.41) is 5.16. The first-order valence-electron chi connectivity index (χ1n) is 8.63. The fourth-order valence-electron chi connectivity index (χ4n) is 3.31. The molecule has 0 aliphatic rings. The monoisotopic (exact) mass is 364 g/mol. The Hall–Kier alpha value is -3.28. The highest BCUT2D eigenvalue weighted by atomic mass is 19.1. The van der Waals surface area contributed by atoms with Crippen LogP contribution in [0.3, 0.4) is 0 Å². The Balaban J connectivity index is 1.99. The molecule has 0 saturated heterocycles. The first-order valence-corrected chi connectivity index (χ1v) is 8.63. The molecule has 27 heavy (non-hydrogen) atoms. The zero-order chi connectivity index (χ0) is 19.3. The van der Waals surface area contributed by atoms with E-state index in [0.29, 0.717) is 5.39 Å². The number of carbonyl (C=O) groups excluding carboxylic acids is 1. The number of fused-ring (bicyclic) bond motifs is 2. The second-order valence-electron chi connectivity index (χ2n) is 6.74. The number of halogens is 1. The van der Waals surface area contributed by atoms with E-state index in [2.05, 4.69) is 5.10 Å². The summed E-state index contributed by atoms with van der Waals surface area (Å²) in [5.41, 5.74) is 0.567. The van der Waals surface area contributed by atoms with Gasteiger partial charge in [-0.2, -0.15) is 5.10 Å². The number of hydrogen-bond acceptors (Lipinski definition) is 4. The van der Waals surface area contributed by atoms with Crippen molar-refractivity contribution in [2.24, 2.45) is 0 Å². The third kappa shape index (κ3) is 2.65. The molecular weight excluding hydrogens is 347 g/mol. The molecule has 4 aromatic rings. The molecule has 0 aliphatic heterocycles. The van der Waals surface area contributed by atoms with Crippen LogP contribution in [0.25, 0.3) is 21.9 Å². The number of aryl methyl sites for hydroxylation is 1. The maximum absolute atomic E-state index is 13.6. The molecule has 136 valence electrons. The van der Waals surface area contributed by atoms with E-state index in [1.165, 1.54) is 12.1 Å². The van der Waals surface area contributed by atoms with Crippen molar-refractivity contribution in [3.63, 3.8) is 0 Å². The van der Waals surface area contributed by atoms with Gasteiger partial charge in [0.2, 0.25) is 11.2 Å². The fourth-order valence-corrected chi connectivity index (χ4v) is 3.31. The number of para-hydroxylation sites is 1. The summed E-state index contributed by atoms with van der Waals surface area (Å²) < 4.78 is 21.0. The van der Waals surface area contributed by atoms with Crippen molar-refractivity contribution in [3.8, 4) is 0 Å². The average molecular weight is 364 g/mol. The Bertz CT molecular complexity index is 1270. The first-order chi connectivity index (χ1) is 12.9. The van der Waals surface area contributed by atoms with Gasteiger partial charge in [-0.15, -0.1) is 0 Å². The number of nitrogens with zero attached hydrogens (tertiary/aromatic N) is 2. The summed E-state index contributed by atoms with van der Waals surface area (Å²) in [6.45, 7) is 5.48. The smallest absolute Gasteiger partial charge is 0.221 e. The number of carbonyl (C=O) groups is 1. The van der Waals surface area contributed by atoms with Crippen molar-refractivity contribution in [1.29, 1.82) is 0 Å². The quantitative estimate of drug-likeness (QED) is 0.505. The van der Waals surface area contributed by atoms with E-state index in [0.717, 1.165) is 11.6 Å². The summed E-state index contributed by atoms with van der Waals surface area (Å²) in [7, 11) is 0. The summed E-state index contributed by atoms with van der Waals surface area (Å²) in [6.07, 6.45) is 0. The molecule has 0 radical (unpaired) electrons. The van der Waals surface area contributed by atoms with Crippen LogP contribution in [0.2, 0.25) is 0 Å². The summed E-state index contributed by atoms with van der Waals surface area (Å²) in [4.78, 5) is 26.1. The van der Waals surface area contributed by atoms with Gasteiger partial charge in [0.15, 0.2) is 0 Å². The zero-order valence-electron chi connectivity index (χ0n) is 15.1. The molecular formula is C21H17FN2O3. The van der Waals surface area contributed by atoms with Crippen molar-refractivity contribution in [2.45, 2.75) is 26.8 Å². The third-order valence-electron chi connectivity index (χ3n) is 4.57. The molecule has 5 nitrogen and oxygen atoms in total. The van der Waals surface area contributed by atoms with Crippen molar-refractivity contribution in [1.82, 2.24) is 9.78 Å². The van der Waals surface area contributed by atoms with Crippen LogP contribution < -0.4 is 5.43 Å². The largest absolute Gasteiger partial charge is 0.460 e. The molecule has 2 heterocycles. The van der Waals surface area contributed by atoms with E-state index in [4.69, 9.17) is 4.42 Å². The minimum Gasteiger partial charge on any atom is -0.460 e. The Morgan fingerprint density at radius 2 is 1.89 bits per heavy atom. The minimum atomic E-state index is -0.563. The fraction of sp³-hybridized carbons (Fsp3) is 0.190. The molecule has 6 heteroatoms. The predicted molar refractivity (Wildman–Crippen MR) is 101 cm³/mol. The van der Waals surface area contributed by atoms with Crippen molar-refractivity contribution < 1.29 is 13.6 Å². The van der Waals surface area contributed by atoms with Crippen molar-refractivity contribution in [3.05, 3.63) is 75.5 Å². The lowest BCUT2D eigenvalue weighted by atomic mass is 10.0. The SMILES string of the molecule is Cc1oc2ccc(F)cc2c(=O)c1C(=O)c1nn(C(C)C)c2ccccc12. The number of ketones is 1. The lowest BCUT2D eigenvalue weighted by Crippen LogP contribution is -2.19. The van der Waals surface area contributed by atoms with E-state index >= 15 is 0 Å². The molecule has 4 rings (SSSR count). The molecule has 0 atom stereocenters. The maximum atomic E-state index is 13.6. The maximum Gasteiger partial charge on any atom is 0.221 e. The van der Waals surface area contributed by atoms with Gasteiger partial charge in [0.25, 0.3) is 0 Å². The highest BCUT2D eigenvalue weighted by Gasteiger charge is 2.25. The van der Waals surface area contributed by atoms with Crippen LogP contribution in [-0.4, -0.2) is 15.6 Å². The van der Waals surface area contributed by atoms with Gasteiger partial charge >= 0.3 is 0 Å². The van der Waals surface area contributed by atoms with Gasteiger partial charge < -0.3 is 4.42 Å². The topological polar surface area (TPSA) is 65.1 Å². The van der Waals surface area contributed by atoms with Crippen LogP contribution in [-0.2, 0) is 0 Å². The number of benzene rings is 2. The van der Waals surface area contributed by atoms with Crippen LogP contribution in [0, 0.1) is 12.7 Å². The molecule has 0 bridgehead atoms. The van der Waals surface area contributed by atoms with Crippen molar-refractivity contribution in [2.75, 3.05) is 0 Å². The third-order valence-corrected chi connectivity index (χ3v) is 4.57. The molecule has 0 N–H and O–H groups in total. The lowest BCUT2D eigenvalue weighted by Gasteiger charge is -2.06. The van der Waals surface area contributed by atoms with Gasteiger partial charge in [-0.05, 0) is 45.0 Å². The second kappa shape index (κ2) is 6.16. The number of aromatic nitrogens is 2. The zero-order valence-corrected chi connectivity index (χ0v) is 15.1. The van der Waals surface area contributed by atoms with Crippen molar-refractivity contribution >= 4 is 27.7 Å². The highest BCUT2D eigenvalue weighted by Crippen LogP contribution is 2.25. The van der Waals surface area contributed by atoms with E-state index in [-0.39, 0.29) is 34.0 Å². The Labute approximate surface area is 154 Å². The molecule has 2 aromatic heterocycles. The Morgan fingerprint density at radius 3 is 2.63 bits per heavy atom. The highest BCUT2D eigenvalue weighted by molar-refractivity contribution is 6.16. The molecule has 0 aliphatic carbocycles. The predicted octanol–water partition coefficient (Wildman–Crippen LogP) is 4.40. The molecule has 0 fully saturated rings. The van der Waals surface area contributed by atoms with E-state index in [9.17, 15) is 14.0 Å². The Morgan fingerprint density at radius 1 is 1.15 bits per heavy atom. The normalized spacial score (nSPS) is 11.6. The molecule has 0 saturated carbocycles. The second-order valence-corrected chi connectivity index (χ2v) is 6.74. The summed E-state index contributed by atoms with van der Waals surface area (Å²) >= 11 is 0. The Kier molecular flexibility index (Phi) is 3.91. The van der Waals surface area contributed by atoms with E-state index in [1.807, 2.05) is 32.0 Å². The van der Waals surface area contributed by atoms with Crippen LogP contribution in [0.1, 0.15) is 41.7 Å². The number of rotatable bonds is 3. The number of hydrogen-bond donors (Lipinski definition) is 0. The standard InChI is InChI=1S/C21H17FN2O3/c1-11(2)24-16-7-5-4-6-14(16)19(23-24)21(26)18-12(3)27-17-9-8-13(22)10-15(17)20(18)25/h4-11H,1-3H3. The van der Waals surface area contributed by atoms with Gasteiger partial charge in [-0.3, -0.25) is 14.3 Å². The van der Waals surface area contributed by atoms with Crippen LogP contribution >= 0.6 is 0 Å². The van der Waals surface area contributed by atoms with Crippen LogP contribution in [0.15, 0.2) is 51.7 Å². The van der Waals surface area contributed by atoms with Gasteiger partial charge in [-0.1, -0.05) is 18.2 Å². The van der Waals surface area contributed by atoms with Gasteiger partial charge in [0.1, 0.15) is 28.4 Å². The van der Waals surface area contributed by atoms with Gasteiger partial charge in [-0.25, -0.2) is 4.39 Å². The van der Waals surface area contributed by atoms with Gasteiger partial charge in [0.05, 0.1) is 10.9 Å². The molecule has 0 unspecified atom stereocenters. The summed E-state index contributed by atoms with van der Waals surface area (Å²) in [6, 6.07) is 11.1. The lowest BCUT2D eigenvalue weighted by molar-refractivity contribution is 0.103. The van der Waals surface area contributed by atoms with E-state index < -0.39 is 17.0 Å². The average Bonchev–Trinajstić information content (AvgIpc) is 3.02. The van der Waals surface area contributed by atoms with Crippen LogP contribution in [0.4, 0.5) is 4.39 Å². The summed E-state index contributed by atoms with van der Waals surface area (Å²) in [5.74, 6) is -0.901. The molecule has 0 spiro atoms. The minimum absolute atomic E-state index is 0.0385. The molecule has 0 amide bonds. The van der Waals surface area contributed by atoms with Crippen LogP contribution in [0.5, 0.6) is 0 Å². The first kappa shape index (κ1) is 17.1. The van der Waals surface area contributed by atoms with E-state index in [1.54, 1.807) is 17.7 Å². The van der Waals surface area contributed by atoms with Gasteiger partial charge in [0, 0.05) is 11.4 Å². The molecule has 2 aromatic carbocycles.